The number of primary amides is 1. The number of carbonyl (C=O) groups is 8. The van der Waals surface area contributed by atoms with E-state index in [-0.39, 0.29) is 63.4 Å². The van der Waals surface area contributed by atoms with Crippen LogP contribution in [-0.4, -0.2) is 143 Å². The average Bonchev–Trinajstić information content (AvgIpc) is 3.36. The summed E-state index contributed by atoms with van der Waals surface area (Å²) in [6.07, 6.45) is 0.0741. The van der Waals surface area contributed by atoms with E-state index in [9.17, 15) is 57.4 Å². The molecule has 4 aromatic rings. The Morgan fingerprint density at radius 2 is 0.903 bits per heavy atom. The first kappa shape index (κ1) is 55.0. The Morgan fingerprint density at radius 1 is 0.514 bits per heavy atom. The second kappa shape index (κ2) is 26.3. The molecule has 0 spiro atoms. The Hall–Kier alpha value is -7.98. The monoisotopic (exact) mass is 998 g/mol. The Bertz CT molecular complexity index is 2530. The molecule has 8 amide bonds. The van der Waals surface area contributed by atoms with Crippen LogP contribution in [0, 0.1) is 11.6 Å². The Morgan fingerprint density at radius 3 is 1.33 bits per heavy atom. The van der Waals surface area contributed by atoms with E-state index in [1.807, 2.05) is 0 Å². The highest BCUT2D eigenvalue weighted by atomic mass is 19.1. The fraction of sp³-hybridized carbons (Fsp3) is 0.360. The van der Waals surface area contributed by atoms with E-state index in [0.29, 0.717) is 22.3 Å². The molecule has 5 rings (SSSR count). The predicted octanol–water partition coefficient (Wildman–Crippen LogP) is -0.817. The fourth-order valence-electron chi connectivity index (χ4n) is 7.60. The summed E-state index contributed by atoms with van der Waals surface area (Å²) in [6, 6.07) is 16.2. The van der Waals surface area contributed by atoms with Gasteiger partial charge in [0.05, 0.1) is 25.2 Å². The van der Waals surface area contributed by atoms with Crippen molar-refractivity contribution in [2.45, 2.75) is 75.8 Å². The molecule has 0 aliphatic carbocycles. The van der Waals surface area contributed by atoms with E-state index in [4.69, 9.17) is 11.5 Å². The van der Waals surface area contributed by atoms with Gasteiger partial charge in [-0.15, -0.1) is 0 Å². The molecule has 0 saturated carbocycles. The molecule has 4 aromatic carbocycles. The average molecular weight is 999 g/mol. The van der Waals surface area contributed by atoms with Crippen LogP contribution in [0.2, 0.25) is 0 Å². The molecule has 0 unspecified atom stereocenters. The van der Waals surface area contributed by atoms with Gasteiger partial charge in [0.25, 0.3) is 0 Å². The number of rotatable bonds is 23. The number of amides is 8. The molecule has 1 fully saturated rings. The van der Waals surface area contributed by atoms with E-state index in [1.54, 1.807) is 24.3 Å². The maximum atomic E-state index is 14.1. The summed E-state index contributed by atoms with van der Waals surface area (Å²) >= 11 is 0. The number of benzene rings is 4. The summed E-state index contributed by atoms with van der Waals surface area (Å²) in [6.45, 7) is 1.89. The van der Waals surface area contributed by atoms with Gasteiger partial charge in [-0.1, -0.05) is 48.5 Å². The van der Waals surface area contributed by atoms with Gasteiger partial charge in [0.15, 0.2) is 0 Å². The van der Waals surface area contributed by atoms with E-state index in [0.717, 1.165) is 0 Å². The Labute approximate surface area is 414 Å². The lowest BCUT2D eigenvalue weighted by atomic mass is 10.0. The minimum Gasteiger partial charge on any atom is -0.508 e. The summed E-state index contributed by atoms with van der Waals surface area (Å²) in [5.74, 6) is -6.19. The number of nitrogens with one attached hydrogen (secondary N) is 6. The van der Waals surface area contributed by atoms with Crippen LogP contribution >= 0.6 is 0 Å². The molecular weight excluding hydrogens is 939 g/mol. The number of hydrogen-bond acceptors (Lipinski definition) is 12. The summed E-state index contributed by atoms with van der Waals surface area (Å²) in [4.78, 5) is 108. The number of phenolic OH excluding ortho intramolecular Hbond substituents is 2. The first-order valence-corrected chi connectivity index (χ1v) is 23.1. The van der Waals surface area contributed by atoms with E-state index < -0.39 is 108 Å². The van der Waals surface area contributed by atoms with Crippen LogP contribution in [0.1, 0.15) is 36.1 Å². The van der Waals surface area contributed by atoms with Crippen LogP contribution in [0.25, 0.3) is 0 Å². The zero-order valence-corrected chi connectivity index (χ0v) is 39.7. The molecular formula is C50H60F2N10O10. The maximum Gasteiger partial charge on any atom is 0.245 e. The quantitative estimate of drug-likeness (QED) is 0.0436. The van der Waals surface area contributed by atoms with Crippen molar-refractivity contribution in [3.63, 3.8) is 0 Å². The van der Waals surface area contributed by atoms with Gasteiger partial charge in [0.1, 0.15) is 47.3 Å². The van der Waals surface area contributed by atoms with E-state index in [2.05, 4.69) is 31.9 Å². The zero-order valence-electron chi connectivity index (χ0n) is 39.7. The number of phenols is 2. The number of hydrogen-bond donors (Lipinski definition) is 10. The molecule has 1 aliphatic rings. The Balaban J connectivity index is 1.16. The first-order chi connectivity index (χ1) is 34.2. The van der Waals surface area contributed by atoms with Gasteiger partial charge in [-0.3, -0.25) is 43.7 Å². The van der Waals surface area contributed by atoms with Crippen molar-refractivity contribution < 1.29 is 57.4 Å². The molecule has 0 bridgehead atoms. The molecule has 72 heavy (non-hydrogen) atoms. The van der Waals surface area contributed by atoms with Crippen molar-refractivity contribution >= 4 is 47.3 Å². The molecule has 1 heterocycles. The molecule has 6 atom stereocenters. The summed E-state index contributed by atoms with van der Waals surface area (Å²) in [5.41, 5.74) is 13.9. The molecule has 1 saturated heterocycles. The molecule has 0 aromatic heterocycles. The largest absolute Gasteiger partial charge is 0.508 e. The summed E-state index contributed by atoms with van der Waals surface area (Å²) in [7, 11) is 0. The zero-order chi connectivity index (χ0) is 52.5. The van der Waals surface area contributed by atoms with E-state index in [1.165, 1.54) is 96.4 Å². The topological polar surface area (TPSA) is 308 Å². The molecule has 22 heteroatoms. The van der Waals surface area contributed by atoms with Crippen LogP contribution in [0.5, 0.6) is 11.5 Å². The van der Waals surface area contributed by atoms with Crippen molar-refractivity contribution in [1.29, 1.82) is 0 Å². The third-order valence-electron chi connectivity index (χ3n) is 11.8. The summed E-state index contributed by atoms with van der Waals surface area (Å²) < 4.78 is 27.6. The van der Waals surface area contributed by atoms with Gasteiger partial charge < -0.3 is 58.1 Å². The van der Waals surface area contributed by atoms with Crippen LogP contribution in [0.3, 0.4) is 0 Å². The van der Waals surface area contributed by atoms with Gasteiger partial charge in [0.2, 0.25) is 47.3 Å². The van der Waals surface area contributed by atoms with Crippen LogP contribution < -0.4 is 43.4 Å². The minimum absolute atomic E-state index is 0.00757. The predicted molar refractivity (Wildman–Crippen MR) is 258 cm³/mol. The molecule has 20 nitrogen and oxygen atoms in total. The Kier molecular flexibility index (Phi) is 20.1. The third-order valence-corrected chi connectivity index (χ3v) is 11.8. The highest BCUT2D eigenvalue weighted by Gasteiger charge is 2.34. The van der Waals surface area contributed by atoms with E-state index >= 15 is 0 Å². The number of carbonyl (C=O) groups excluding carboxylic acids is 8. The van der Waals surface area contributed by atoms with Gasteiger partial charge in [-0.05, 0) is 91.1 Å². The third kappa shape index (κ3) is 17.2. The minimum atomic E-state index is -1.19. The highest BCUT2D eigenvalue weighted by molar-refractivity contribution is 5.94. The number of nitrogens with two attached hydrogens (primary N) is 2. The van der Waals surface area contributed by atoms with Gasteiger partial charge in [0, 0.05) is 45.4 Å². The van der Waals surface area contributed by atoms with Crippen molar-refractivity contribution in [2.75, 3.05) is 39.3 Å². The fourth-order valence-corrected chi connectivity index (χ4v) is 7.60. The van der Waals surface area contributed by atoms with Crippen LogP contribution in [-0.2, 0) is 64.0 Å². The molecule has 384 valence electrons. The number of nitrogens with zero attached hydrogens (tertiary/aromatic N) is 2. The smallest absolute Gasteiger partial charge is 0.245 e. The molecule has 12 N–H and O–H groups in total. The van der Waals surface area contributed by atoms with Gasteiger partial charge in [-0.2, -0.15) is 0 Å². The van der Waals surface area contributed by atoms with Crippen LogP contribution in [0.15, 0.2) is 97.1 Å². The summed E-state index contributed by atoms with van der Waals surface area (Å²) in [5, 5.41) is 34.6. The highest BCUT2D eigenvalue weighted by Crippen LogP contribution is 2.15. The first-order valence-electron chi connectivity index (χ1n) is 23.1. The number of aromatic hydroxyl groups is 2. The van der Waals surface area contributed by atoms with Crippen LogP contribution in [0.4, 0.5) is 8.78 Å². The number of halogens is 2. The van der Waals surface area contributed by atoms with Gasteiger partial charge in [-0.25, -0.2) is 8.78 Å². The number of piperazine rings is 1. The SMILES string of the molecule is C[C@@H](NCC(=O)N[C@@H](Cc1ccc(F)cc1)C(=O)N1CCN(C(=O)[C@H](Cc2ccc(F)cc2)NC(=O)CNC(=O)[C@@H](C)NC(=O)[C@@H](N)Cc2ccc(O)cc2)CC1)C(=O)N[C@@H](Cc1ccc(O)cc1)C(N)=O. The lowest BCUT2D eigenvalue weighted by Crippen LogP contribution is -2.60. The van der Waals surface area contributed by atoms with Crippen molar-refractivity contribution in [2.24, 2.45) is 11.5 Å². The lowest BCUT2D eigenvalue weighted by Gasteiger charge is -2.38. The van der Waals surface area contributed by atoms with Crippen molar-refractivity contribution in [1.82, 2.24) is 41.7 Å². The lowest BCUT2D eigenvalue weighted by molar-refractivity contribution is -0.143. The molecule has 1 aliphatic heterocycles. The maximum absolute atomic E-state index is 14.1. The second-order valence-electron chi connectivity index (χ2n) is 17.4. The normalized spacial score (nSPS) is 14.8. The second-order valence-corrected chi connectivity index (χ2v) is 17.4. The van der Waals surface area contributed by atoms with Crippen molar-refractivity contribution in [3.8, 4) is 11.5 Å². The van der Waals surface area contributed by atoms with Gasteiger partial charge >= 0.3 is 0 Å². The standard InChI is InChI=1S/C50H60F2N10O10/c1-29(47(69)60-40(45(54)67)24-34-9-17-38(64)18-10-34)55-27-43(65)58-41(25-32-3-11-35(51)12-4-32)49(71)61-19-21-62(22-20-61)50(72)42(26-33-5-13-36(52)14-6-33)59-44(66)28-56-46(68)30(2)57-48(70)39(53)23-31-7-15-37(63)16-8-31/h3-18,29-30,39-42,55,63-64H,19-28,53H2,1-2H3,(H2,54,67)(H,56,68)(H,57,70)(H,58,65)(H,59,66)(H,60,69)/t29-,30-,39+,40+,41+,42+/m1/s1. The van der Waals surface area contributed by atoms with Crippen molar-refractivity contribution in [3.05, 3.63) is 131 Å². The molecule has 0 radical (unpaired) electrons.